The van der Waals surface area contributed by atoms with E-state index in [-0.39, 0.29) is 0 Å². The number of anilines is 3. The highest BCUT2D eigenvalue weighted by Crippen LogP contribution is 2.50. The van der Waals surface area contributed by atoms with Gasteiger partial charge in [-0.2, -0.15) is 0 Å². The topological polar surface area (TPSA) is 3.24 Å². The van der Waals surface area contributed by atoms with Crippen molar-refractivity contribution >= 4 is 112 Å². The lowest BCUT2D eigenvalue weighted by Crippen LogP contribution is -2.10. The lowest BCUT2D eigenvalue weighted by atomic mass is 10.0. The van der Waals surface area contributed by atoms with E-state index in [0.717, 1.165) is 0 Å². The summed E-state index contributed by atoms with van der Waals surface area (Å²) in [5.74, 6) is 0. The van der Waals surface area contributed by atoms with Crippen molar-refractivity contribution in [3.8, 4) is 11.1 Å². The lowest BCUT2D eigenvalue weighted by molar-refractivity contribution is 1.33. The molecule has 0 saturated heterocycles. The number of benzene rings is 7. The van der Waals surface area contributed by atoms with Crippen LogP contribution in [0.15, 0.2) is 152 Å². The first-order valence-corrected chi connectivity index (χ1v) is 17.9. The molecular weight excluding hydrogens is 615 g/mol. The Hall–Kier alpha value is -5.00. The van der Waals surface area contributed by atoms with Crippen LogP contribution in [0.1, 0.15) is 0 Å². The number of hydrogen-bond donors (Lipinski definition) is 0. The van der Waals surface area contributed by atoms with E-state index >= 15 is 0 Å². The fourth-order valence-electron chi connectivity index (χ4n) is 7.03. The van der Waals surface area contributed by atoms with Crippen LogP contribution in [0.2, 0.25) is 0 Å². The van der Waals surface area contributed by atoms with Gasteiger partial charge in [0.1, 0.15) is 0 Å². The maximum atomic E-state index is 2.52. The van der Waals surface area contributed by atoms with Crippen molar-refractivity contribution in [2.24, 2.45) is 0 Å². The highest BCUT2D eigenvalue weighted by molar-refractivity contribution is 7.27. The summed E-state index contributed by atoms with van der Waals surface area (Å²) in [5, 5.41) is 7.84. The van der Waals surface area contributed by atoms with E-state index in [1.165, 1.54) is 88.7 Å². The van der Waals surface area contributed by atoms with E-state index in [1.54, 1.807) is 0 Å². The molecule has 3 heterocycles. The summed E-state index contributed by atoms with van der Waals surface area (Å²) < 4.78 is 7.89. The lowest BCUT2D eigenvalue weighted by Gasteiger charge is -2.27. The average molecular weight is 640 g/mol. The first kappa shape index (κ1) is 26.2. The Balaban J connectivity index is 1.31. The molecule has 0 atom stereocenters. The predicted octanol–water partition coefficient (Wildman–Crippen LogP) is 13.9. The summed E-state index contributed by atoms with van der Waals surface area (Å²) in [4.78, 5) is 2.52. The van der Waals surface area contributed by atoms with Gasteiger partial charge in [-0.15, -0.1) is 34.0 Å². The molecule has 10 aromatic rings. The zero-order valence-corrected chi connectivity index (χ0v) is 27.1. The molecule has 4 heteroatoms. The van der Waals surface area contributed by atoms with Gasteiger partial charge in [0, 0.05) is 61.5 Å². The van der Waals surface area contributed by atoms with Crippen LogP contribution in [0.25, 0.3) is 71.6 Å². The van der Waals surface area contributed by atoms with Crippen molar-refractivity contribution in [2.75, 3.05) is 4.90 Å². The Morgan fingerprint density at radius 2 is 0.978 bits per heavy atom. The standard InChI is InChI=1S/C42H25NS3/c1-2-11-26(12-3-1)28-15-8-16-30-31-17-9-19-35(42(31)46-41(28)30)43(27-23-24-38-33(25-27)29-13-4-6-20-36(29)44-38)34-18-10-22-39-40(34)32-14-5-7-21-37(32)45-39/h1-25H. The van der Waals surface area contributed by atoms with Gasteiger partial charge in [0.05, 0.1) is 16.1 Å². The minimum Gasteiger partial charge on any atom is -0.308 e. The number of rotatable bonds is 4. The summed E-state index contributed by atoms with van der Waals surface area (Å²) in [6.45, 7) is 0. The van der Waals surface area contributed by atoms with Crippen LogP contribution in [0, 0.1) is 0 Å². The number of hydrogen-bond acceptors (Lipinski definition) is 4. The van der Waals surface area contributed by atoms with E-state index in [9.17, 15) is 0 Å². The maximum absolute atomic E-state index is 2.52. The molecule has 0 aliphatic heterocycles. The molecule has 0 aliphatic rings. The van der Waals surface area contributed by atoms with Crippen LogP contribution in [-0.4, -0.2) is 0 Å². The van der Waals surface area contributed by atoms with Gasteiger partial charge in [-0.05, 0) is 59.7 Å². The quantitative estimate of drug-likeness (QED) is 0.185. The molecule has 0 unspecified atom stereocenters. The Morgan fingerprint density at radius 3 is 1.85 bits per heavy atom. The first-order chi connectivity index (χ1) is 22.8. The molecule has 216 valence electrons. The summed E-state index contributed by atoms with van der Waals surface area (Å²) in [7, 11) is 0. The Bertz CT molecular complexity index is 2760. The molecule has 0 fully saturated rings. The van der Waals surface area contributed by atoms with Crippen LogP contribution in [0.3, 0.4) is 0 Å². The molecule has 0 bridgehead atoms. The second kappa shape index (κ2) is 10.3. The first-order valence-electron chi connectivity index (χ1n) is 15.4. The van der Waals surface area contributed by atoms with Gasteiger partial charge in [0.15, 0.2) is 0 Å². The van der Waals surface area contributed by atoms with Crippen LogP contribution in [-0.2, 0) is 0 Å². The fourth-order valence-corrected chi connectivity index (χ4v) is 10.6. The van der Waals surface area contributed by atoms with Gasteiger partial charge >= 0.3 is 0 Å². The zero-order valence-electron chi connectivity index (χ0n) is 24.6. The molecule has 46 heavy (non-hydrogen) atoms. The molecule has 7 aromatic carbocycles. The van der Waals surface area contributed by atoms with Gasteiger partial charge in [0.2, 0.25) is 0 Å². The third-order valence-corrected chi connectivity index (χ3v) is 12.6. The van der Waals surface area contributed by atoms with Crippen LogP contribution >= 0.6 is 34.0 Å². The van der Waals surface area contributed by atoms with Crippen molar-refractivity contribution in [3.63, 3.8) is 0 Å². The number of thiophene rings is 3. The minimum absolute atomic E-state index is 1.17. The molecular formula is C42H25NS3. The van der Waals surface area contributed by atoms with Crippen LogP contribution in [0.5, 0.6) is 0 Å². The number of nitrogens with zero attached hydrogens (tertiary/aromatic N) is 1. The van der Waals surface area contributed by atoms with Gasteiger partial charge in [-0.3, -0.25) is 0 Å². The second-order valence-corrected chi connectivity index (χ2v) is 14.9. The normalized spacial score (nSPS) is 11.9. The monoisotopic (exact) mass is 639 g/mol. The highest BCUT2D eigenvalue weighted by atomic mass is 32.1. The molecule has 1 nitrogen and oxygen atoms in total. The average Bonchev–Trinajstić information content (AvgIpc) is 3.80. The van der Waals surface area contributed by atoms with Crippen LogP contribution < -0.4 is 4.90 Å². The van der Waals surface area contributed by atoms with Crippen molar-refractivity contribution in [2.45, 2.75) is 0 Å². The van der Waals surface area contributed by atoms with E-state index < -0.39 is 0 Å². The highest BCUT2D eigenvalue weighted by Gasteiger charge is 2.23. The summed E-state index contributed by atoms with van der Waals surface area (Å²) in [5.41, 5.74) is 6.13. The fraction of sp³-hybridized carbons (Fsp3) is 0. The summed E-state index contributed by atoms with van der Waals surface area (Å²) in [6, 6.07) is 55.8. The van der Waals surface area contributed by atoms with Gasteiger partial charge < -0.3 is 4.90 Å². The Kier molecular flexibility index (Phi) is 5.85. The van der Waals surface area contributed by atoms with Crippen molar-refractivity contribution in [3.05, 3.63) is 152 Å². The third kappa shape index (κ3) is 3.91. The molecule has 10 rings (SSSR count). The third-order valence-electron chi connectivity index (χ3n) is 9.07. The predicted molar refractivity (Wildman–Crippen MR) is 205 cm³/mol. The zero-order chi connectivity index (χ0) is 30.2. The molecule has 0 amide bonds. The van der Waals surface area contributed by atoms with Gasteiger partial charge in [-0.25, -0.2) is 0 Å². The Labute approximate surface area is 277 Å². The molecule has 0 radical (unpaired) electrons. The summed E-state index contributed by atoms with van der Waals surface area (Å²) >= 11 is 5.65. The smallest absolute Gasteiger partial charge is 0.0640 e. The second-order valence-electron chi connectivity index (χ2n) is 11.7. The van der Waals surface area contributed by atoms with Crippen molar-refractivity contribution < 1.29 is 0 Å². The van der Waals surface area contributed by atoms with E-state index in [2.05, 4.69) is 157 Å². The largest absolute Gasteiger partial charge is 0.308 e. The summed E-state index contributed by atoms with van der Waals surface area (Å²) in [6.07, 6.45) is 0. The molecule has 3 aromatic heterocycles. The minimum atomic E-state index is 1.17. The number of fused-ring (bicyclic) bond motifs is 9. The molecule has 0 N–H and O–H groups in total. The molecule has 0 spiro atoms. The van der Waals surface area contributed by atoms with Gasteiger partial charge in [-0.1, -0.05) is 103 Å². The van der Waals surface area contributed by atoms with Crippen molar-refractivity contribution in [1.82, 2.24) is 0 Å². The van der Waals surface area contributed by atoms with E-state index in [1.807, 2.05) is 34.0 Å². The van der Waals surface area contributed by atoms with E-state index in [4.69, 9.17) is 0 Å². The molecule has 0 saturated carbocycles. The van der Waals surface area contributed by atoms with E-state index in [0.29, 0.717) is 0 Å². The maximum Gasteiger partial charge on any atom is 0.0640 e. The molecule has 0 aliphatic carbocycles. The van der Waals surface area contributed by atoms with Crippen LogP contribution in [0.4, 0.5) is 17.1 Å². The Morgan fingerprint density at radius 1 is 0.370 bits per heavy atom. The van der Waals surface area contributed by atoms with Crippen molar-refractivity contribution in [1.29, 1.82) is 0 Å². The van der Waals surface area contributed by atoms with Gasteiger partial charge in [0.25, 0.3) is 0 Å². The SMILES string of the molecule is c1ccc(-c2cccc3c2sc2c(N(c4ccc5sc6ccccc6c5c4)c4cccc5sc6ccccc6c45)cccc23)cc1.